The van der Waals surface area contributed by atoms with E-state index in [-0.39, 0.29) is 24.7 Å². The van der Waals surface area contributed by atoms with Crippen molar-refractivity contribution in [2.24, 2.45) is 0 Å². The molecule has 4 heterocycles. The highest BCUT2D eigenvalue weighted by Crippen LogP contribution is 2.57. The van der Waals surface area contributed by atoms with Crippen LogP contribution in [0.15, 0.2) is 18.5 Å². The number of fused-ring (bicyclic) bond motifs is 2. The standard InChI is InChI=1S/C14H16N5O6P/c1-2-22-26(21)23-5-9-11(25-26)12(20)14(6-15,24-9)10-4-3-8-13(16)17-7-18-19(8)10/h3-4,7,9,11-12,20H,2,5H2,1H3,(H2,16,17,18)/t9-,11-,12-,14+,26+/m1/s1. The summed E-state index contributed by atoms with van der Waals surface area (Å²) < 4.78 is 35.1. The van der Waals surface area contributed by atoms with Crippen LogP contribution in [0.5, 0.6) is 0 Å². The second-order valence-corrected chi connectivity index (χ2v) is 7.46. The zero-order valence-corrected chi connectivity index (χ0v) is 14.6. The molecule has 0 aromatic carbocycles. The van der Waals surface area contributed by atoms with Gasteiger partial charge in [-0.05, 0) is 19.1 Å². The molecule has 2 fully saturated rings. The lowest BCUT2D eigenvalue weighted by atomic mass is 9.92. The van der Waals surface area contributed by atoms with Gasteiger partial charge in [-0.25, -0.2) is 14.1 Å². The molecule has 2 aliphatic heterocycles. The molecule has 11 nitrogen and oxygen atoms in total. The second-order valence-electron chi connectivity index (χ2n) is 5.84. The Kier molecular flexibility index (Phi) is 4.00. The van der Waals surface area contributed by atoms with E-state index in [1.807, 2.05) is 6.07 Å². The number of aromatic nitrogens is 3. The van der Waals surface area contributed by atoms with Crippen LogP contribution in [0.25, 0.3) is 5.52 Å². The van der Waals surface area contributed by atoms with Gasteiger partial charge in [0.05, 0.1) is 18.9 Å². The van der Waals surface area contributed by atoms with Crippen molar-refractivity contribution in [1.82, 2.24) is 14.6 Å². The fourth-order valence-corrected chi connectivity index (χ4v) is 4.62. The third kappa shape index (κ3) is 2.35. The van der Waals surface area contributed by atoms with Crippen LogP contribution < -0.4 is 5.73 Å². The summed E-state index contributed by atoms with van der Waals surface area (Å²) in [5.41, 5.74) is 4.71. The van der Waals surface area contributed by atoms with Crippen molar-refractivity contribution < 1.29 is 28.0 Å². The van der Waals surface area contributed by atoms with Crippen LogP contribution in [0.1, 0.15) is 12.6 Å². The average molecular weight is 381 g/mol. The van der Waals surface area contributed by atoms with Crippen molar-refractivity contribution in [3.8, 4) is 6.07 Å². The van der Waals surface area contributed by atoms with E-state index in [2.05, 4.69) is 10.1 Å². The number of nitrogens with two attached hydrogens (primary N) is 1. The largest absolute Gasteiger partial charge is 0.475 e. The first-order valence-corrected chi connectivity index (χ1v) is 9.33. The summed E-state index contributed by atoms with van der Waals surface area (Å²) >= 11 is 0. The number of nitrogen functional groups attached to an aromatic ring is 1. The Morgan fingerprint density at radius 3 is 3.15 bits per heavy atom. The maximum Gasteiger partial charge on any atom is 0.475 e. The number of ether oxygens (including phenoxy) is 1. The van der Waals surface area contributed by atoms with Crippen molar-refractivity contribution >= 4 is 19.2 Å². The normalized spacial score (nSPS) is 36.7. The number of nitrogens with zero attached hydrogens (tertiary/aromatic N) is 4. The SMILES string of the molecule is CCO[P@@]1(=O)OC[C@H]2O[C@@](C#N)(c3ccc4c(N)ncnn34)[C@H](O)[C@@H]2O1. The van der Waals surface area contributed by atoms with Gasteiger partial charge in [0.2, 0.25) is 5.60 Å². The molecule has 26 heavy (non-hydrogen) atoms. The summed E-state index contributed by atoms with van der Waals surface area (Å²) in [5, 5.41) is 24.8. The number of hydrogen-bond donors (Lipinski definition) is 2. The molecule has 2 aliphatic rings. The molecule has 12 heteroatoms. The minimum absolute atomic E-state index is 0.106. The summed E-state index contributed by atoms with van der Waals surface area (Å²) in [6.07, 6.45) is -2.10. The molecule has 0 spiro atoms. The van der Waals surface area contributed by atoms with E-state index in [1.165, 1.54) is 10.8 Å². The zero-order valence-electron chi connectivity index (χ0n) is 13.7. The van der Waals surface area contributed by atoms with Gasteiger partial charge in [0.15, 0.2) is 5.82 Å². The van der Waals surface area contributed by atoms with Gasteiger partial charge in [0, 0.05) is 0 Å². The molecule has 2 aromatic heterocycles. The van der Waals surface area contributed by atoms with E-state index >= 15 is 0 Å². The zero-order chi connectivity index (χ0) is 18.5. The van der Waals surface area contributed by atoms with E-state index in [4.69, 9.17) is 24.0 Å². The molecule has 3 N–H and O–H groups in total. The first-order chi connectivity index (χ1) is 12.4. The highest BCUT2D eigenvalue weighted by Gasteiger charge is 2.62. The van der Waals surface area contributed by atoms with E-state index < -0.39 is 31.7 Å². The number of phosphoric acid groups is 1. The van der Waals surface area contributed by atoms with Crippen LogP contribution in [-0.4, -0.2) is 51.2 Å². The van der Waals surface area contributed by atoms with Crippen LogP contribution in [0, 0.1) is 11.3 Å². The van der Waals surface area contributed by atoms with Crippen molar-refractivity contribution in [1.29, 1.82) is 5.26 Å². The van der Waals surface area contributed by atoms with Crippen molar-refractivity contribution in [3.63, 3.8) is 0 Å². The molecule has 2 aromatic rings. The number of aliphatic hydroxyl groups excluding tert-OH is 1. The van der Waals surface area contributed by atoms with E-state index in [0.29, 0.717) is 5.52 Å². The Bertz CT molecular complexity index is 944. The maximum absolute atomic E-state index is 12.4. The lowest BCUT2D eigenvalue weighted by molar-refractivity contribution is -0.0772. The van der Waals surface area contributed by atoms with Crippen LogP contribution >= 0.6 is 7.82 Å². The summed E-state index contributed by atoms with van der Waals surface area (Å²) in [6, 6.07) is 5.17. The number of phosphoric ester groups is 1. The molecule has 2 saturated heterocycles. The first-order valence-electron chi connectivity index (χ1n) is 7.87. The minimum Gasteiger partial charge on any atom is -0.386 e. The number of hydrogen-bond acceptors (Lipinski definition) is 10. The number of anilines is 1. The monoisotopic (exact) mass is 381 g/mol. The van der Waals surface area contributed by atoms with Gasteiger partial charge >= 0.3 is 7.82 Å². The summed E-state index contributed by atoms with van der Waals surface area (Å²) in [4.78, 5) is 3.89. The van der Waals surface area contributed by atoms with Gasteiger partial charge < -0.3 is 15.6 Å². The van der Waals surface area contributed by atoms with Gasteiger partial charge in [-0.2, -0.15) is 10.4 Å². The summed E-state index contributed by atoms with van der Waals surface area (Å²) in [7, 11) is -3.82. The molecule has 5 atom stereocenters. The number of rotatable bonds is 3. The Morgan fingerprint density at radius 1 is 1.62 bits per heavy atom. The fourth-order valence-electron chi connectivity index (χ4n) is 3.23. The maximum atomic E-state index is 12.4. The van der Waals surface area contributed by atoms with Gasteiger partial charge in [-0.3, -0.25) is 13.6 Å². The Balaban J connectivity index is 1.77. The van der Waals surface area contributed by atoms with E-state index in [0.717, 1.165) is 0 Å². The molecule has 0 aliphatic carbocycles. The third-order valence-corrected chi connectivity index (χ3v) is 5.94. The van der Waals surface area contributed by atoms with Crippen LogP contribution in [-0.2, 0) is 28.5 Å². The Labute approximate surface area is 147 Å². The highest BCUT2D eigenvalue weighted by molar-refractivity contribution is 7.48. The lowest BCUT2D eigenvalue weighted by Gasteiger charge is -2.30. The molecule has 0 amide bonds. The summed E-state index contributed by atoms with van der Waals surface area (Å²) in [5.74, 6) is 0.213. The van der Waals surface area contributed by atoms with Crippen molar-refractivity contribution in [2.45, 2.75) is 30.8 Å². The third-order valence-electron chi connectivity index (χ3n) is 4.39. The fraction of sp³-hybridized carbons (Fsp3) is 0.500. The highest BCUT2D eigenvalue weighted by atomic mass is 31.2. The van der Waals surface area contributed by atoms with Crippen LogP contribution in [0.3, 0.4) is 0 Å². The molecule has 0 radical (unpaired) electrons. The predicted molar refractivity (Wildman–Crippen MR) is 85.6 cm³/mol. The van der Waals surface area contributed by atoms with Crippen molar-refractivity contribution in [2.75, 3.05) is 18.9 Å². The van der Waals surface area contributed by atoms with Crippen LogP contribution in [0.2, 0.25) is 0 Å². The Morgan fingerprint density at radius 2 is 2.42 bits per heavy atom. The molecule has 138 valence electrons. The smallest absolute Gasteiger partial charge is 0.386 e. The lowest BCUT2D eigenvalue weighted by Crippen LogP contribution is -2.43. The van der Waals surface area contributed by atoms with Crippen LogP contribution in [0.4, 0.5) is 5.82 Å². The van der Waals surface area contributed by atoms with Gasteiger partial charge in [-0.15, -0.1) is 0 Å². The molecule has 0 saturated carbocycles. The summed E-state index contributed by atoms with van der Waals surface area (Å²) in [6.45, 7) is 1.59. The first kappa shape index (κ1) is 17.4. The topological polar surface area (TPSA) is 154 Å². The van der Waals surface area contributed by atoms with Gasteiger partial charge in [0.1, 0.15) is 36.2 Å². The molecule has 0 bridgehead atoms. The van der Waals surface area contributed by atoms with Gasteiger partial charge in [-0.1, -0.05) is 0 Å². The predicted octanol–water partition coefficient (Wildman–Crippen LogP) is 0.350. The van der Waals surface area contributed by atoms with Crippen molar-refractivity contribution in [3.05, 3.63) is 24.2 Å². The Hall–Kier alpha value is -2.06. The average Bonchev–Trinajstić information content (AvgIpc) is 3.17. The van der Waals surface area contributed by atoms with Gasteiger partial charge in [0.25, 0.3) is 0 Å². The molecule has 4 rings (SSSR count). The molecule has 0 unspecified atom stereocenters. The van der Waals surface area contributed by atoms with E-state index in [1.54, 1.807) is 19.1 Å². The van der Waals surface area contributed by atoms with E-state index in [9.17, 15) is 14.9 Å². The molecular weight excluding hydrogens is 365 g/mol. The second kappa shape index (κ2) is 5.99. The number of aliphatic hydroxyl groups is 1. The quantitative estimate of drug-likeness (QED) is 0.712. The molecular formula is C14H16N5O6P. The number of nitriles is 1. The minimum atomic E-state index is -3.82.